The molecule has 0 aliphatic heterocycles. The number of hydrogen-bond acceptors (Lipinski definition) is 3. The molecule has 0 saturated carbocycles. The fourth-order valence-corrected chi connectivity index (χ4v) is 3.27. The summed E-state index contributed by atoms with van der Waals surface area (Å²) in [5, 5.41) is 0. The normalized spacial score (nSPS) is 15.5. The monoisotopic (exact) mass is 256 g/mol. The summed E-state index contributed by atoms with van der Waals surface area (Å²) in [6.45, 7) is 3.96. The number of nitrogens with two attached hydrogens (primary N) is 1. The van der Waals surface area contributed by atoms with Gasteiger partial charge in [-0.2, -0.15) is 0 Å². The molecule has 0 spiro atoms. The van der Waals surface area contributed by atoms with E-state index in [9.17, 15) is 8.42 Å². The summed E-state index contributed by atoms with van der Waals surface area (Å²) < 4.78 is 26.2. The number of rotatable bonds is 6. The van der Waals surface area contributed by atoms with Gasteiger partial charge in [0.1, 0.15) is 0 Å². The second-order valence-electron chi connectivity index (χ2n) is 4.35. The highest BCUT2D eigenvalue weighted by atomic mass is 32.2. The molecule has 1 rings (SSSR count). The van der Waals surface area contributed by atoms with Crippen molar-refractivity contribution in [3.63, 3.8) is 0 Å². The average molecular weight is 256 g/mol. The second-order valence-corrected chi connectivity index (χ2v) is 6.15. The summed E-state index contributed by atoms with van der Waals surface area (Å²) in [6.07, 6.45) is 0. The minimum absolute atomic E-state index is 0.0290. The zero-order valence-corrected chi connectivity index (χ0v) is 11.1. The van der Waals surface area contributed by atoms with Crippen molar-refractivity contribution in [1.29, 1.82) is 0 Å². The molecule has 4 nitrogen and oxygen atoms in total. The van der Waals surface area contributed by atoms with Crippen molar-refractivity contribution in [3.8, 4) is 0 Å². The molecule has 17 heavy (non-hydrogen) atoms. The van der Waals surface area contributed by atoms with E-state index in [4.69, 9.17) is 5.73 Å². The topological polar surface area (TPSA) is 72.2 Å². The first kappa shape index (κ1) is 14.2. The van der Waals surface area contributed by atoms with E-state index in [0.29, 0.717) is 6.54 Å². The van der Waals surface area contributed by atoms with E-state index in [1.54, 1.807) is 6.92 Å². The summed E-state index contributed by atoms with van der Waals surface area (Å²) in [6, 6.07) is 9.39. The SMILES string of the molecule is CC(CS(=O)(=O)N[C@H](C)CN)c1ccccc1. The number of hydrogen-bond donors (Lipinski definition) is 2. The van der Waals surface area contributed by atoms with Crippen LogP contribution in [0.5, 0.6) is 0 Å². The van der Waals surface area contributed by atoms with Crippen LogP contribution >= 0.6 is 0 Å². The number of benzene rings is 1. The molecule has 0 bridgehead atoms. The van der Waals surface area contributed by atoms with Gasteiger partial charge >= 0.3 is 0 Å². The maximum absolute atomic E-state index is 11.8. The predicted molar refractivity (Wildman–Crippen MR) is 70.3 cm³/mol. The lowest BCUT2D eigenvalue weighted by molar-refractivity contribution is 0.557. The van der Waals surface area contributed by atoms with E-state index in [1.165, 1.54) is 0 Å². The van der Waals surface area contributed by atoms with E-state index >= 15 is 0 Å². The lowest BCUT2D eigenvalue weighted by atomic mass is 10.0. The van der Waals surface area contributed by atoms with Crippen molar-refractivity contribution in [2.75, 3.05) is 12.3 Å². The molecule has 0 saturated heterocycles. The van der Waals surface area contributed by atoms with Crippen molar-refractivity contribution >= 4 is 10.0 Å². The van der Waals surface area contributed by atoms with E-state index in [0.717, 1.165) is 5.56 Å². The molecular weight excluding hydrogens is 236 g/mol. The minimum Gasteiger partial charge on any atom is -0.329 e. The summed E-state index contributed by atoms with van der Waals surface area (Å²) in [5.74, 6) is 0.0557. The highest BCUT2D eigenvalue weighted by Gasteiger charge is 2.18. The molecule has 0 aliphatic rings. The van der Waals surface area contributed by atoms with Crippen LogP contribution in [0.3, 0.4) is 0 Å². The van der Waals surface area contributed by atoms with E-state index in [2.05, 4.69) is 4.72 Å². The number of sulfonamides is 1. The van der Waals surface area contributed by atoms with Crippen LogP contribution < -0.4 is 10.5 Å². The first-order valence-electron chi connectivity index (χ1n) is 5.69. The predicted octanol–water partition coefficient (Wildman–Crippen LogP) is 1.06. The minimum atomic E-state index is -3.27. The Hall–Kier alpha value is -0.910. The van der Waals surface area contributed by atoms with Crippen molar-refractivity contribution in [3.05, 3.63) is 35.9 Å². The second kappa shape index (κ2) is 6.14. The molecule has 1 unspecified atom stereocenters. The molecule has 1 aromatic carbocycles. The molecule has 5 heteroatoms. The van der Waals surface area contributed by atoms with E-state index < -0.39 is 10.0 Å². The molecule has 0 aliphatic carbocycles. The molecule has 3 N–H and O–H groups in total. The fourth-order valence-electron chi connectivity index (χ4n) is 1.61. The molecule has 0 radical (unpaired) electrons. The van der Waals surface area contributed by atoms with Gasteiger partial charge in [0.25, 0.3) is 0 Å². The van der Waals surface area contributed by atoms with Gasteiger partial charge in [0.2, 0.25) is 10.0 Å². The van der Waals surface area contributed by atoms with E-state index in [-0.39, 0.29) is 17.7 Å². The van der Waals surface area contributed by atoms with Gasteiger partial charge in [0, 0.05) is 12.6 Å². The molecule has 96 valence electrons. The Bertz CT molecular complexity index is 431. The molecule has 0 amide bonds. The third-order valence-corrected chi connectivity index (χ3v) is 4.27. The van der Waals surface area contributed by atoms with Crippen molar-refractivity contribution in [1.82, 2.24) is 4.72 Å². The smallest absolute Gasteiger partial charge is 0.212 e. The highest BCUT2D eigenvalue weighted by Crippen LogP contribution is 2.16. The van der Waals surface area contributed by atoms with Gasteiger partial charge in [-0.3, -0.25) is 0 Å². The van der Waals surface area contributed by atoms with Crippen LogP contribution in [0.2, 0.25) is 0 Å². The molecule has 1 aromatic rings. The third-order valence-electron chi connectivity index (χ3n) is 2.57. The molecule has 0 fully saturated rings. The molecule has 2 atom stereocenters. The summed E-state index contributed by atoms with van der Waals surface area (Å²) in [4.78, 5) is 0. The Balaban J connectivity index is 2.65. The fraction of sp³-hybridized carbons (Fsp3) is 0.500. The van der Waals surface area contributed by atoms with E-state index in [1.807, 2.05) is 37.3 Å². The Kier molecular flexibility index (Phi) is 5.11. The van der Waals surface area contributed by atoms with Gasteiger partial charge in [-0.15, -0.1) is 0 Å². The summed E-state index contributed by atoms with van der Waals surface area (Å²) >= 11 is 0. The maximum atomic E-state index is 11.8. The standard InChI is InChI=1S/C12H20N2O2S/c1-10(12-6-4-3-5-7-12)9-17(15,16)14-11(2)8-13/h3-7,10-11,14H,8-9,13H2,1-2H3/t10?,11-/m1/s1. The van der Waals surface area contributed by atoms with Crippen LogP contribution in [0.15, 0.2) is 30.3 Å². The third kappa shape index (κ3) is 4.85. The molecule has 0 heterocycles. The van der Waals surface area contributed by atoms with Crippen LogP contribution in [0.4, 0.5) is 0 Å². The lowest BCUT2D eigenvalue weighted by Gasteiger charge is -2.16. The largest absolute Gasteiger partial charge is 0.329 e. The zero-order valence-electron chi connectivity index (χ0n) is 10.3. The van der Waals surface area contributed by atoms with Crippen LogP contribution in [0, 0.1) is 0 Å². The Morgan fingerprint density at radius 2 is 1.82 bits per heavy atom. The maximum Gasteiger partial charge on any atom is 0.212 e. The Morgan fingerprint density at radius 3 is 2.35 bits per heavy atom. The van der Waals surface area contributed by atoms with Gasteiger partial charge in [-0.1, -0.05) is 37.3 Å². The van der Waals surface area contributed by atoms with Crippen molar-refractivity contribution < 1.29 is 8.42 Å². The Labute approximate surface area is 103 Å². The lowest BCUT2D eigenvalue weighted by Crippen LogP contribution is -2.39. The van der Waals surface area contributed by atoms with Crippen molar-refractivity contribution in [2.45, 2.75) is 25.8 Å². The van der Waals surface area contributed by atoms with Gasteiger partial charge < -0.3 is 5.73 Å². The number of nitrogens with one attached hydrogen (secondary N) is 1. The van der Waals surface area contributed by atoms with Gasteiger partial charge in [0.05, 0.1) is 5.75 Å². The summed E-state index contributed by atoms with van der Waals surface area (Å²) in [7, 11) is -3.27. The van der Waals surface area contributed by atoms with Gasteiger partial charge in [-0.05, 0) is 18.4 Å². The quantitative estimate of drug-likeness (QED) is 0.799. The zero-order chi connectivity index (χ0) is 12.9. The first-order valence-corrected chi connectivity index (χ1v) is 7.35. The first-order chi connectivity index (χ1) is 7.94. The average Bonchev–Trinajstić information content (AvgIpc) is 2.28. The van der Waals surface area contributed by atoms with Crippen LogP contribution in [-0.4, -0.2) is 26.8 Å². The molecular formula is C12H20N2O2S. The van der Waals surface area contributed by atoms with Crippen LogP contribution in [0.25, 0.3) is 0 Å². The van der Waals surface area contributed by atoms with Gasteiger partial charge in [-0.25, -0.2) is 13.1 Å². The van der Waals surface area contributed by atoms with Crippen LogP contribution in [-0.2, 0) is 10.0 Å². The Morgan fingerprint density at radius 1 is 1.24 bits per heavy atom. The highest BCUT2D eigenvalue weighted by molar-refractivity contribution is 7.89. The van der Waals surface area contributed by atoms with Gasteiger partial charge in [0.15, 0.2) is 0 Å². The van der Waals surface area contributed by atoms with Crippen molar-refractivity contribution in [2.24, 2.45) is 5.73 Å². The summed E-state index contributed by atoms with van der Waals surface area (Å²) in [5.41, 5.74) is 6.42. The van der Waals surface area contributed by atoms with Crippen LogP contribution in [0.1, 0.15) is 25.3 Å². The molecule has 0 aromatic heterocycles.